The van der Waals surface area contributed by atoms with Crippen molar-refractivity contribution in [2.24, 2.45) is 0 Å². The number of nitrogens with zero attached hydrogens (tertiary/aromatic N) is 4. The molecular weight excluding hydrogens is 475 g/mol. The van der Waals surface area contributed by atoms with Crippen molar-refractivity contribution in [3.05, 3.63) is 33.8 Å². The number of piperazine rings is 1. The standard InChI is InChI=1S/C21H30Cl2N4O4S/c1-24(2)32(29,30)27-10-9-26(20(28)12-15-5-6-16(22)17(23)11-15)21-18(13-31-14-19(21)27)25-7-3-4-8-25/h5-6,11,18-19,21H,3-4,7-10,12-14H2,1-2H3/t18-,19+,21+/m1/s1. The van der Waals surface area contributed by atoms with E-state index in [4.69, 9.17) is 27.9 Å². The molecule has 3 heterocycles. The van der Waals surface area contributed by atoms with Gasteiger partial charge in [-0.2, -0.15) is 17.0 Å². The molecule has 0 radical (unpaired) electrons. The molecule has 11 heteroatoms. The van der Waals surface area contributed by atoms with Crippen molar-refractivity contribution in [3.63, 3.8) is 0 Å². The number of likely N-dealkylation sites (tertiary alicyclic amines) is 1. The average Bonchev–Trinajstić information content (AvgIpc) is 3.29. The summed E-state index contributed by atoms with van der Waals surface area (Å²) in [6.45, 7) is 3.23. The maximum absolute atomic E-state index is 13.5. The van der Waals surface area contributed by atoms with E-state index in [0.29, 0.717) is 23.2 Å². The minimum absolute atomic E-state index is 0.0332. The molecule has 3 aliphatic heterocycles. The van der Waals surface area contributed by atoms with Crippen molar-refractivity contribution in [2.45, 2.75) is 37.4 Å². The number of fused-ring (bicyclic) bond motifs is 1. The minimum atomic E-state index is -3.64. The molecule has 1 aromatic carbocycles. The maximum Gasteiger partial charge on any atom is 0.281 e. The molecule has 0 unspecified atom stereocenters. The fraction of sp³-hybridized carbons (Fsp3) is 0.667. The van der Waals surface area contributed by atoms with Crippen molar-refractivity contribution in [1.29, 1.82) is 0 Å². The van der Waals surface area contributed by atoms with Gasteiger partial charge in [0, 0.05) is 27.2 Å². The molecule has 32 heavy (non-hydrogen) atoms. The summed E-state index contributed by atoms with van der Waals surface area (Å²) in [6, 6.07) is 4.49. The molecule has 0 aromatic heterocycles. The first-order valence-electron chi connectivity index (χ1n) is 10.9. The van der Waals surface area contributed by atoms with Crippen LogP contribution in [0.3, 0.4) is 0 Å². The fourth-order valence-electron chi connectivity index (χ4n) is 5.06. The van der Waals surface area contributed by atoms with Gasteiger partial charge in [-0.3, -0.25) is 9.69 Å². The van der Waals surface area contributed by atoms with E-state index in [1.54, 1.807) is 18.2 Å². The van der Waals surface area contributed by atoms with Crippen molar-refractivity contribution >= 4 is 39.3 Å². The first-order valence-corrected chi connectivity index (χ1v) is 13.1. The summed E-state index contributed by atoms with van der Waals surface area (Å²) in [5, 5.41) is 0.863. The molecule has 0 aliphatic carbocycles. The predicted octanol–water partition coefficient (Wildman–Crippen LogP) is 1.72. The number of amides is 1. The fourth-order valence-corrected chi connectivity index (χ4v) is 6.64. The lowest BCUT2D eigenvalue weighted by Crippen LogP contribution is -2.72. The van der Waals surface area contributed by atoms with Crippen molar-refractivity contribution in [2.75, 3.05) is 53.5 Å². The van der Waals surface area contributed by atoms with Gasteiger partial charge in [-0.15, -0.1) is 0 Å². The van der Waals surface area contributed by atoms with Gasteiger partial charge in [0.2, 0.25) is 5.91 Å². The number of rotatable bonds is 5. The zero-order chi connectivity index (χ0) is 23.0. The smallest absolute Gasteiger partial charge is 0.281 e. The number of ether oxygens (including phenoxy) is 1. The molecule has 0 N–H and O–H groups in total. The molecule has 3 aliphatic rings. The molecule has 0 saturated carbocycles. The monoisotopic (exact) mass is 504 g/mol. The number of hydrogen-bond donors (Lipinski definition) is 0. The molecule has 3 saturated heterocycles. The van der Waals surface area contributed by atoms with Gasteiger partial charge in [-0.05, 0) is 43.6 Å². The molecule has 3 atom stereocenters. The van der Waals surface area contributed by atoms with E-state index in [1.807, 2.05) is 4.90 Å². The number of carbonyl (C=O) groups excluding carboxylic acids is 1. The van der Waals surface area contributed by atoms with Gasteiger partial charge in [0.05, 0.1) is 47.8 Å². The average molecular weight is 505 g/mol. The summed E-state index contributed by atoms with van der Waals surface area (Å²) in [4.78, 5) is 17.7. The summed E-state index contributed by atoms with van der Waals surface area (Å²) < 4.78 is 34.8. The van der Waals surface area contributed by atoms with Gasteiger partial charge < -0.3 is 9.64 Å². The Morgan fingerprint density at radius 3 is 2.41 bits per heavy atom. The van der Waals surface area contributed by atoms with Crippen molar-refractivity contribution < 1.29 is 17.9 Å². The first-order chi connectivity index (χ1) is 15.2. The number of benzene rings is 1. The third-order valence-electron chi connectivity index (χ3n) is 6.68. The van der Waals surface area contributed by atoms with E-state index < -0.39 is 16.3 Å². The Kier molecular flexibility index (Phi) is 7.36. The number of hydrogen-bond acceptors (Lipinski definition) is 5. The van der Waals surface area contributed by atoms with Crippen molar-refractivity contribution in [3.8, 4) is 0 Å². The van der Waals surface area contributed by atoms with Crippen LogP contribution in [0, 0.1) is 0 Å². The highest BCUT2D eigenvalue weighted by atomic mass is 35.5. The van der Waals surface area contributed by atoms with Crippen LogP contribution in [0.25, 0.3) is 0 Å². The van der Waals surface area contributed by atoms with Crippen LogP contribution >= 0.6 is 23.2 Å². The Morgan fingerprint density at radius 2 is 1.75 bits per heavy atom. The molecule has 0 spiro atoms. The summed E-state index contributed by atoms with van der Waals surface area (Å²) in [5.74, 6) is -0.0358. The summed E-state index contributed by atoms with van der Waals surface area (Å²) in [7, 11) is -0.567. The second-order valence-electron chi connectivity index (χ2n) is 8.82. The highest BCUT2D eigenvalue weighted by Gasteiger charge is 2.51. The molecule has 178 valence electrons. The molecule has 1 amide bonds. The van der Waals surface area contributed by atoms with Crippen LogP contribution in [0.1, 0.15) is 18.4 Å². The van der Waals surface area contributed by atoms with Crippen LogP contribution in [-0.4, -0.2) is 104 Å². The SMILES string of the molecule is CN(C)S(=O)(=O)N1CCN(C(=O)Cc2ccc(Cl)c(Cl)c2)[C@H]2[C@H](N3CCCC3)COC[C@@H]21. The van der Waals surface area contributed by atoms with E-state index in [0.717, 1.165) is 31.5 Å². The summed E-state index contributed by atoms with van der Waals surface area (Å²) >= 11 is 12.2. The zero-order valence-electron chi connectivity index (χ0n) is 18.4. The lowest BCUT2D eigenvalue weighted by molar-refractivity contribution is -0.147. The Hall–Kier alpha value is -0.940. The Bertz CT molecular complexity index is 955. The van der Waals surface area contributed by atoms with Crippen LogP contribution < -0.4 is 0 Å². The van der Waals surface area contributed by atoms with E-state index in [2.05, 4.69) is 4.90 Å². The van der Waals surface area contributed by atoms with Crippen LogP contribution in [-0.2, 0) is 26.2 Å². The summed E-state index contributed by atoms with van der Waals surface area (Å²) in [5.41, 5.74) is 0.786. The Morgan fingerprint density at radius 1 is 1.06 bits per heavy atom. The van der Waals surface area contributed by atoms with Gasteiger partial charge in [0.25, 0.3) is 10.2 Å². The van der Waals surface area contributed by atoms with Crippen LogP contribution in [0.15, 0.2) is 18.2 Å². The lowest BCUT2D eigenvalue weighted by atomic mass is 9.92. The van der Waals surface area contributed by atoms with Gasteiger partial charge >= 0.3 is 0 Å². The van der Waals surface area contributed by atoms with E-state index in [9.17, 15) is 13.2 Å². The van der Waals surface area contributed by atoms with Gasteiger partial charge in [-0.25, -0.2) is 0 Å². The highest BCUT2D eigenvalue weighted by molar-refractivity contribution is 7.86. The molecule has 8 nitrogen and oxygen atoms in total. The number of halogens is 2. The quantitative estimate of drug-likeness (QED) is 0.610. The number of carbonyl (C=O) groups is 1. The van der Waals surface area contributed by atoms with Gasteiger partial charge in [-0.1, -0.05) is 29.3 Å². The molecule has 0 bridgehead atoms. The predicted molar refractivity (Wildman–Crippen MR) is 124 cm³/mol. The van der Waals surface area contributed by atoms with Crippen LogP contribution in [0.5, 0.6) is 0 Å². The summed E-state index contributed by atoms with van der Waals surface area (Å²) in [6.07, 6.45) is 2.39. The van der Waals surface area contributed by atoms with Crippen molar-refractivity contribution in [1.82, 2.24) is 18.4 Å². The van der Waals surface area contributed by atoms with E-state index in [1.165, 1.54) is 22.7 Å². The largest absolute Gasteiger partial charge is 0.378 e. The Labute approximate surface area is 200 Å². The normalized spacial score (nSPS) is 27.7. The Balaban J connectivity index is 1.64. The van der Waals surface area contributed by atoms with Gasteiger partial charge in [0.1, 0.15) is 0 Å². The topological polar surface area (TPSA) is 73.4 Å². The zero-order valence-corrected chi connectivity index (χ0v) is 20.7. The van der Waals surface area contributed by atoms with E-state index >= 15 is 0 Å². The second-order valence-corrected chi connectivity index (χ2v) is 11.7. The molecular formula is C21H30Cl2N4O4S. The minimum Gasteiger partial charge on any atom is -0.378 e. The lowest BCUT2D eigenvalue weighted by Gasteiger charge is -2.53. The highest BCUT2D eigenvalue weighted by Crippen LogP contribution is 2.32. The molecule has 1 aromatic rings. The second kappa shape index (κ2) is 9.74. The molecule has 4 rings (SSSR count). The van der Waals surface area contributed by atoms with Crippen LogP contribution in [0.2, 0.25) is 10.0 Å². The maximum atomic E-state index is 13.5. The third-order valence-corrected chi connectivity index (χ3v) is 9.39. The van der Waals surface area contributed by atoms with E-state index in [-0.39, 0.29) is 37.6 Å². The van der Waals surface area contributed by atoms with Gasteiger partial charge in [0.15, 0.2) is 0 Å². The third kappa shape index (κ3) is 4.66. The van der Waals surface area contributed by atoms with Crippen LogP contribution in [0.4, 0.5) is 0 Å². The molecule has 3 fully saturated rings. The first kappa shape index (κ1) is 24.2.